The lowest BCUT2D eigenvalue weighted by molar-refractivity contribution is 0.390. The molecule has 0 saturated heterocycles. The van der Waals surface area contributed by atoms with Crippen LogP contribution in [0.3, 0.4) is 0 Å². The van der Waals surface area contributed by atoms with E-state index < -0.39 is 0 Å². The van der Waals surface area contributed by atoms with Crippen LogP contribution >= 0.6 is 0 Å². The Morgan fingerprint density at radius 1 is 1.08 bits per heavy atom. The van der Waals surface area contributed by atoms with Gasteiger partial charge in [-0.2, -0.15) is 0 Å². The summed E-state index contributed by atoms with van der Waals surface area (Å²) in [6.45, 7) is 5.69. The minimum absolute atomic E-state index is 0.689. The molecule has 0 fully saturated rings. The molecule has 0 spiro atoms. The van der Waals surface area contributed by atoms with Gasteiger partial charge < -0.3 is 9.05 Å². The molecule has 0 aliphatic rings. The third kappa shape index (κ3) is 1.24. The molecule has 4 heteroatoms. The minimum atomic E-state index is 0.689. The second-order valence-corrected chi connectivity index (χ2v) is 3.04. The Labute approximate surface area is 75.5 Å². The smallest absolute Gasteiger partial charge is 0.191 e. The molecule has 2 rings (SSSR count). The standard InChI is InChI=1S/C9H10N2O2/c1-5-4-8(11-12-5)9-6(2)7(3)10-13-9/h4H,1-3H3. The van der Waals surface area contributed by atoms with Crippen molar-refractivity contribution in [3.05, 3.63) is 23.1 Å². The first-order valence-corrected chi connectivity index (χ1v) is 4.05. The van der Waals surface area contributed by atoms with Crippen LogP contribution in [-0.4, -0.2) is 10.3 Å². The predicted molar refractivity (Wildman–Crippen MR) is 46.2 cm³/mol. The number of hydrogen-bond acceptors (Lipinski definition) is 4. The number of aryl methyl sites for hydroxylation is 2. The average Bonchev–Trinajstić information content (AvgIpc) is 2.62. The summed E-state index contributed by atoms with van der Waals surface area (Å²) in [7, 11) is 0. The van der Waals surface area contributed by atoms with Crippen LogP contribution < -0.4 is 0 Å². The van der Waals surface area contributed by atoms with Gasteiger partial charge in [-0.3, -0.25) is 0 Å². The lowest BCUT2D eigenvalue weighted by Gasteiger charge is -1.87. The van der Waals surface area contributed by atoms with Crippen LogP contribution in [-0.2, 0) is 0 Å². The van der Waals surface area contributed by atoms with Gasteiger partial charge in [0.05, 0.1) is 5.69 Å². The van der Waals surface area contributed by atoms with Gasteiger partial charge in [-0.15, -0.1) is 0 Å². The van der Waals surface area contributed by atoms with Crippen LogP contribution in [0.5, 0.6) is 0 Å². The molecule has 0 bridgehead atoms. The van der Waals surface area contributed by atoms with Crippen molar-refractivity contribution in [3.63, 3.8) is 0 Å². The fraction of sp³-hybridized carbons (Fsp3) is 0.333. The number of aromatic nitrogens is 2. The van der Waals surface area contributed by atoms with Gasteiger partial charge in [0, 0.05) is 11.6 Å². The SMILES string of the molecule is Cc1cc(-c2onc(C)c2C)no1. The predicted octanol–water partition coefficient (Wildman–Crippen LogP) is 2.25. The van der Waals surface area contributed by atoms with Crippen LogP contribution in [0.1, 0.15) is 17.0 Å². The zero-order valence-electron chi connectivity index (χ0n) is 7.79. The Balaban J connectivity index is 2.52. The normalized spacial score (nSPS) is 10.7. The molecule has 4 nitrogen and oxygen atoms in total. The van der Waals surface area contributed by atoms with Crippen LogP contribution in [0.15, 0.2) is 15.1 Å². The lowest BCUT2D eigenvalue weighted by atomic mass is 10.2. The van der Waals surface area contributed by atoms with Gasteiger partial charge in [0.25, 0.3) is 0 Å². The van der Waals surface area contributed by atoms with E-state index in [2.05, 4.69) is 10.3 Å². The molecule has 2 aromatic rings. The molecule has 2 aromatic heterocycles. The summed E-state index contributed by atoms with van der Waals surface area (Å²) < 4.78 is 10.1. The molecular formula is C9H10N2O2. The van der Waals surface area contributed by atoms with Crippen molar-refractivity contribution in [1.29, 1.82) is 0 Å². The van der Waals surface area contributed by atoms with Gasteiger partial charge in [-0.25, -0.2) is 0 Å². The molecule has 0 aliphatic carbocycles. The van der Waals surface area contributed by atoms with E-state index in [0.717, 1.165) is 17.0 Å². The zero-order valence-corrected chi connectivity index (χ0v) is 7.79. The number of nitrogens with zero attached hydrogens (tertiary/aromatic N) is 2. The third-order valence-electron chi connectivity index (χ3n) is 2.02. The van der Waals surface area contributed by atoms with Crippen LogP contribution in [0.2, 0.25) is 0 Å². The topological polar surface area (TPSA) is 52.1 Å². The maximum absolute atomic E-state index is 5.12. The summed E-state index contributed by atoms with van der Waals surface area (Å²) in [5.74, 6) is 1.46. The summed E-state index contributed by atoms with van der Waals surface area (Å²) in [4.78, 5) is 0. The van der Waals surface area contributed by atoms with Crippen molar-refractivity contribution in [2.24, 2.45) is 0 Å². The summed E-state index contributed by atoms with van der Waals surface area (Å²) in [5.41, 5.74) is 2.60. The highest BCUT2D eigenvalue weighted by molar-refractivity contribution is 5.56. The maximum Gasteiger partial charge on any atom is 0.191 e. The molecule has 2 heterocycles. The van der Waals surface area contributed by atoms with E-state index in [-0.39, 0.29) is 0 Å². The van der Waals surface area contributed by atoms with Crippen molar-refractivity contribution in [2.45, 2.75) is 20.8 Å². The molecule has 0 unspecified atom stereocenters. The Kier molecular flexibility index (Phi) is 1.69. The molecule has 0 aliphatic heterocycles. The lowest BCUT2D eigenvalue weighted by Crippen LogP contribution is -1.77. The van der Waals surface area contributed by atoms with Crippen LogP contribution in [0, 0.1) is 20.8 Å². The van der Waals surface area contributed by atoms with E-state index >= 15 is 0 Å². The highest BCUT2D eigenvalue weighted by atomic mass is 16.5. The number of hydrogen-bond donors (Lipinski definition) is 0. The monoisotopic (exact) mass is 178 g/mol. The van der Waals surface area contributed by atoms with Crippen LogP contribution in [0.25, 0.3) is 11.5 Å². The summed E-state index contributed by atoms with van der Waals surface area (Å²) in [5, 5.41) is 7.70. The van der Waals surface area contributed by atoms with Gasteiger partial charge in [0.15, 0.2) is 11.5 Å². The van der Waals surface area contributed by atoms with E-state index in [4.69, 9.17) is 9.05 Å². The molecule has 0 atom stereocenters. The minimum Gasteiger partial charge on any atom is -0.361 e. The van der Waals surface area contributed by atoms with E-state index in [1.807, 2.05) is 26.8 Å². The Morgan fingerprint density at radius 3 is 2.31 bits per heavy atom. The van der Waals surface area contributed by atoms with Crippen molar-refractivity contribution < 1.29 is 9.05 Å². The summed E-state index contributed by atoms with van der Waals surface area (Å²) in [6, 6.07) is 1.83. The van der Waals surface area contributed by atoms with Crippen LogP contribution in [0.4, 0.5) is 0 Å². The van der Waals surface area contributed by atoms with E-state index in [1.165, 1.54) is 0 Å². The highest BCUT2D eigenvalue weighted by Crippen LogP contribution is 2.24. The molecular weight excluding hydrogens is 168 g/mol. The van der Waals surface area contributed by atoms with E-state index in [1.54, 1.807) is 0 Å². The quantitative estimate of drug-likeness (QED) is 0.672. The van der Waals surface area contributed by atoms with Crippen molar-refractivity contribution in [1.82, 2.24) is 10.3 Å². The van der Waals surface area contributed by atoms with Crippen molar-refractivity contribution >= 4 is 0 Å². The van der Waals surface area contributed by atoms with Gasteiger partial charge in [-0.1, -0.05) is 10.3 Å². The second kappa shape index (κ2) is 2.73. The Hall–Kier alpha value is -1.58. The maximum atomic E-state index is 5.12. The van der Waals surface area contributed by atoms with Crippen molar-refractivity contribution in [3.8, 4) is 11.5 Å². The first kappa shape index (κ1) is 8.04. The van der Waals surface area contributed by atoms with E-state index in [9.17, 15) is 0 Å². The zero-order chi connectivity index (χ0) is 9.42. The van der Waals surface area contributed by atoms with Gasteiger partial charge >= 0.3 is 0 Å². The second-order valence-electron chi connectivity index (χ2n) is 3.04. The Morgan fingerprint density at radius 2 is 1.85 bits per heavy atom. The molecule has 0 aromatic carbocycles. The molecule has 0 amide bonds. The molecule has 0 N–H and O–H groups in total. The van der Waals surface area contributed by atoms with Gasteiger partial charge in [0.2, 0.25) is 0 Å². The third-order valence-corrected chi connectivity index (χ3v) is 2.02. The molecule has 13 heavy (non-hydrogen) atoms. The largest absolute Gasteiger partial charge is 0.361 e. The number of rotatable bonds is 1. The van der Waals surface area contributed by atoms with E-state index in [0.29, 0.717) is 11.5 Å². The average molecular weight is 178 g/mol. The fourth-order valence-corrected chi connectivity index (χ4v) is 1.13. The highest BCUT2D eigenvalue weighted by Gasteiger charge is 2.13. The first-order chi connectivity index (χ1) is 6.18. The molecule has 68 valence electrons. The molecule has 0 saturated carbocycles. The van der Waals surface area contributed by atoms with Gasteiger partial charge in [-0.05, 0) is 20.8 Å². The summed E-state index contributed by atoms with van der Waals surface area (Å²) >= 11 is 0. The Bertz CT molecular complexity index is 429. The molecule has 0 radical (unpaired) electrons. The fourth-order valence-electron chi connectivity index (χ4n) is 1.13. The summed E-state index contributed by atoms with van der Waals surface area (Å²) in [6.07, 6.45) is 0. The first-order valence-electron chi connectivity index (χ1n) is 4.05. The van der Waals surface area contributed by atoms with Gasteiger partial charge in [0.1, 0.15) is 5.76 Å². The van der Waals surface area contributed by atoms with Crippen molar-refractivity contribution in [2.75, 3.05) is 0 Å².